The maximum atomic E-state index is 13.1. The molecule has 1 heterocycles. The van der Waals surface area contributed by atoms with Crippen molar-refractivity contribution >= 4 is 30.5 Å². The van der Waals surface area contributed by atoms with Gasteiger partial charge in [0.25, 0.3) is 0 Å². The summed E-state index contributed by atoms with van der Waals surface area (Å²) in [4.78, 5) is 32.6. The van der Waals surface area contributed by atoms with E-state index in [0.717, 1.165) is 4.34 Å². The van der Waals surface area contributed by atoms with Crippen LogP contribution in [-0.2, 0) is 4.57 Å². The average molecular weight is 461 g/mol. The molecule has 0 aliphatic carbocycles. The monoisotopic (exact) mass is 461 g/mol. The van der Waals surface area contributed by atoms with Crippen LogP contribution in [0.4, 0.5) is 0 Å². The first-order valence-electron chi connectivity index (χ1n) is 9.43. The van der Waals surface area contributed by atoms with Gasteiger partial charge in [-0.05, 0) is 42.8 Å². The zero-order chi connectivity index (χ0) is 23.6. The highest BCUT2D eigenvalue weighted by atomic mass is 31.2. The number of Topliss-reactive ketones (excluding diaryl/α,β-unsaturated/α-hetero) is 1. The van der Waals surface area contributed by atoms with Gasteiger partial charge in [-0.1, -0.05) is 0 Å². The van der Waals surface area contributed by atoms with Crippen LogP contribution in [0.3, 0.4) is 0 Å². The Hall–Kier alpha value is -3.26. The van der Waals surface area contributed by atoms with Crippen molar-refractivity contribution in [2.45, 2.75) is 6.92 Å². The predicted octanol–water partition coefficient (Wildman–Crippen LogP) is 3.90. The maximum absolute atomic E-state index is 13.1. The van der Waals surface area contributed by atoms with Crippen molar-refractivity contribution in [2.24, 2.45) is 0 Å². The summed E-state index contributed by atoms with van der Waals surface area (Å²) in [6.45, 7) is 1.62. The standard InChI is InChI=1S/C22H24NO8P/c1-13(21(24)14-9-19(29-3)22(31-5)20(10-14)30-4)8-15-12-23(32(25,26)27)18-11-16(28-2)6-7-17(15)18/h6-12H,1-5H3,(H2,25,26,27)/b13-8+. The molecule has 0 aliphatic rings. The van der Waals surface area contributed by atoms with E-state index in [-0.39, 0.29) is 11.3 Å². The Labute approximate surface area is 185 Å². The van der Waals surface area contributed by atoms with Crippen LogP contribution in [0, 0.1) is 0 Å². The van der Waals surface area contributed by atoms with Crippen LogP contribution >= 0.6 is 7.75 Å². The first-order valence-corrected chi connectivity index (χ1v) is 11.0. The van der Waals surface area contributed by atoms with Gasteiger partial charge in [0.1, 0.15) is 5.75 Å². The number of benzene rings is 2. The van der Waals surface area contributed by atoms with Gasteiger partial charge in [0.05, 0.1) is 34.0 Å². The molecule has 0 atom stereocenters. The second-order valence-electron chi connectivity index (χ2n) is 6.90. The SMILES string of the molecule is COc1ccc2c(/C=C(\C)C(=O)c3cc(OC)c(OC)c(OC)c3)cn(P(=O)(O)O)c2c1. The molecular formula is C22H24NO8P. The van der Waals surface area contributed by atoms with Gasteiger partial charge in [0.2, 0.25) is 5.75 Å². The van der Waals surface area contributed by atoms with Crippen molar-refractivity contribution in [3.63, 3.8) is 0 Å². The van der Waals surface area contributed by atoms with Crippen LogP contribution in [0.25, 0.3) is 17.0 Å². The molecule has 2 aromatic carbocycles. The number of nitrogens with zero attached hydrogens (tertiary/aromatic N) is 1. The highest BCUT2D eigenvalue weighted by Crippen LogP contribution is 2.43. The third-order valence-electron chi connectivity index (χ3n) is 4.96. The first-order chi connectivity index (χ1) is 15.1. The van der Waals surface area contributed by atoms with Crippen molar-refractivity contribution in [3.8, 4) is 23.0 Å². The molecule has 1 aromatic heterocycles. The van der Waals surface area contributed by atoms with Gasteiger partial charge in [0.15, 0.2) is 17.3 Å². The van der Waals surface area contributed by atoms with Gasteiger partial charge in [-0.3, -0.25) is 9.13 Å². The van der Waals surface area contributed by atoms with Crippen molar-refractivity contribution in [1.29, 1.82) is 0 Å². The normalized spacial score (nSPS) is 12.0. The lowest BCUT2D eigenvalue weighted by Gasteiger charge is -2.13. The molecule has 2 N–H and O–H groups in total. The van der Waals surface area contributed by atoms with Gasteiger partial charge >= 0.3 is 7.75 Å². The number of ether oxygens (including phenoxy) is 4. The molecule has 0 unspecified atom stereocenters. The Morgan fingerprint density at radius 3 is 2.09 bits per heavy atom. The van der Waals surface area contributed by atoms with Gasteiger partial charge in [-0.15, -0.1) is 0 Å². The Bertz CT molecular complexity index is 1230. The minimum Gasteiger partial charge on any atom is -0.497 e. The number of aromatic nitrogens is 1. The number of methoxy groups -OCH3 is 4. The molecule has 9 nitrogen and oxygen atoms in total. The van der Waals surface area contributed by atoms with Crippen LogP contribution in [0.1, 0.15) is 22.8 Å². The molecule has 0 saturated heterocycles. The van der Waals surface area contributed by atoms with Crippen LogP contribution in [0.5, 0.6) is 23.0 Å². The minimum absolute atomic E-state index is 0.289. The molecule has 32 heavy (non-hydrogen) atoms. The van der Waals surface area contributed by atoms with E-state index < -0.39 is 7.75 Å². The summed E-state index contributed by atoms with van der Waals surface area (Å²) in [5.74, 6) is 1.19. The van der Waals surface area contributed by atoms with E-state index in [1.54, 1.807) is 37.3 Å². The Morgan fingerprint density at radius 2 is 1.59 bits per heavy atom. The fraction of sp³-hybridized carbons (Fsp3) is 0.227. The molecule has 170 valence electrons. The summed E-state index contributed by atoms with van der Waals surface area (Å²) < 4.78 is 33.9. The largest absolute Gasteiger partial charge is 0.497 e. The van der Waals surface area contributed by atoms with Crippen molar-refractivity contribution < 1.29 is 38.1 Å². The van der Waals surface area contributed by atoms with Crippen molar-refractivity contribution in [3.05, 3.63) is 53.2 Å². The zero-order valence-electron chi connectivity index (χ0n) is 18.3. The van der Waals surface area contributed by atoms with E-state index in [0.29, 0.717) is 45.1 Å². The summed E-state index contributed by atoms with van der Waals surface area (Å²) in [6.07, 6.45) is 2.89. The summed E-state index contributed by atoms with van der Waals surface area (Å²) >= 11 is 0. The molecule has 0 saturated carbocycles. The van der Waals surface area contributed by atoms with E-state index in [2.05, 4.69) is 0 Å². The molecular weight excluding hydrogens is 437 g/mol. The second kappa shape index (κ2) is 9.08. The number of rotatable bonds is 8. The number of carbonyl (C=O) groups excluding carboxylic acids is 1. The quantitative estimate of drug-likeness (QED) is 0.295. The van der Waals surface area contributed by atoms with Crippen LogP contribution < -0.4 is 18.9 Å². The second-order valence-corrected chi connectivity index (χ2v) is 8.35. The van der Waals surface area contributed by atoms with Crippen LogP contribution in [0.15, 0.2) is 42.1 Å². The molecule has 3 rings (SSSR count). The highest BCUT2D eigenvalue weighted by molar-refractivity contribution is 7.50. The fourth-order valence-electron chi connectivity index (χ4n) is 3.41. The van der Waals surface area contributed by atoms with Crippen LogP contribution in [-0.4, -0.2) is 48.3 Å². The lowest BCUT2D eigenvalue weighted by molar-refractivity contribution is 0.103. The number of hydrogen-bond acceptors (Lipinski definition) is 6. The molecule has 0 amide bonds. The molecule has 0 radical (unpaired) electrons. The van der Waals surface area contributed by atoms with Gasteiger partial charge < -0.3 is 28.7 Å². The molecule has 0 aliphatic heterocycles. The molecule has 0 bridgehead atoms. The molecule has 10 heteroatoms. The van der Waals surface area contributed by atoms with E-state index in [1.165, 1.54) is 40.7 Å². The summed E-state index contributed by atoms with van der Waals surface area (Å²) in [5.41, 5.74) is 1.43. The Balaban J connectivity index is 2.11. The number of fused-ring (bicyclic) bond motifs is 1. The number of hydrogen-bond donors (Lipinski definition) is 2. The molecule has 0 spiro atoms. The summed E-state index contributed by atoms with van der Waals surface area (Å²) in [5, 5.41) is 0.561. The third-order valence-corrected chi connectivity index (χ3v) is 5.85. The van der Waals surface area contributed by atoms with E-state index >= 15 is 0 Å². The number of ketones is 1. The van der Waals surface area contributed by atoms with Gasteiger partial charge in [0, 0.05) is 28.8 Å². The topological polar surface area (TPSA) is 116 Å². The molecule has 0 fully saturated rings. The lowest BCUT2D eigenvalue weighted by Crippen LogP contribution is -2.04. The summed E-state index contributed by atoms with van der Waals surface area (Å²) in [7, 11) is 1.22. The number of carbonyl (C=O) groups is 1. The average Bonchev–Trinajstić information content (AvgIpc) is 3.15. The number of allylic oxidation sites excluding steroid dienone is 1. The van der Waals surface area contributed by atoms with Crippen molar-refractivity contribution in [2.75, 3.05) is 28.4 Å². The predicted molar refractivity (Wildman–Crippen MR) is 120 cm³/mol. The van der Waals surface area contributed by atoms with Gasteiger partial charge in [-0.25, -0.2) is 4.57 Å². The van der Waals surface area contributed by atoms with E-state index in [9.17, 15) is 19.1 Å². The lowest BCUT2D eigenvalue weighted by atomic mass is 10.0. The minimum atomic E-state index is -4.63. The smallest absolute Gasteiger partial charge is 0.434 e. The van der Waals surface area contributed by atoms with Crippen molar-refractivity contribution in [1.82, 2.24) is 4.34 Å². The highest BCUT2D eigenvalue weighted by Gasteiger charge is 2.22. The first kappa shape index (κ1) is 23.4. The van der Waals surface area contributed by atoms with E-state index in [4.69, 9.17) is 18.9 Å². The third kappa shape index (κ3) is 4.36. The summed E-state index contributed by atoms with van der Waals surface area (Å²) in [6, 6.07) is 7.99. The van der Waals surface area contributed by atoms with Crippen LogP contribution in [0.2, 0.25) is 0 Å². The Morgan fingerprint density at radius 1 is 0.969 bits per heavy atom. The van der Waals surface area contributed by atoms with E-state index in [1.807, 2.05) is 0 Å². The zero-order valence-corrected chi connectivity index (χ0v) is 19.2. The van der Waals surface area contributed by atoms with Gasteiger partial charge in [-0.2, -0.15) is 0 Å². The fourth-order valence-corrected chi connectivity index (χ4v) is 4.13. The Kier molecular flexibility index (Phi) is 6.64. The molecule has 3 aromatic rings. The maximum Gasteiger partial charge on any atom is 0.434 e.